The van der Waals surface area contributed by atoms with Crippen LogP contribution < -0.4 is 5.32 Å². The smallest absolute Gasteiger partial charge is 0.253 e. The maximum atomic E-state index is 13.2. The molecule has 0 spiro atoms. The van der Waals surface area contributed by atoms with Crippen LogP contribution in [0, 0.1) is 11.3 Å². The Morgan fingerprint density at radius 1 is 0.944 bits per heavy atom. The van der Waals surface area contributed by atoms with E-state index in [2.05, 4.69) is 31.9 Å². The first kappa shape index (κ1) is 21.7. The lowest BCUT2D eigenvalue weighted by Crippen LogP contribution is -2.44. The number of hydrogen-bond donors (Lipinski definition) is 1. The number of likely N-dealkylation sites (tertiary alicyclic amines) is 1. The van der Waals surface area contributed by atoms with Crippen LogP contribution in [-0.2, 0) is 5.41 Å². The van der Waals surface area contributed by atoms with Crippen molar-refractivity contribution in [1.29, 1.82) is 5.26 Å². The number of fused-ring (bicyclic) bond motifs is 3. The number of para-hydroxylation sites is 2. The number of hydrogen-bond acceptors (Lipinski definition) is 7. The number of amides is 1. The largest absolute Gasteiger partial charge is 0.339 e. The van der Waals surface area contributed by atoms with Crippen LogP contribution in [0.5, 0.6) is 0 Å². The normalized spacial score (nSPS) is 15.0. The Hall–Kier alpha value is -4.84. The maximum absolute atomic E-state index is 13.2. The molecule has 1 saturated heterocycles. The Morgan fingerprint density at radius 2 is 1.67 bits per heavy atom. The van der Waals surface area contributed by atoms with E-state index in [9.17, 15) is 10.1 Å². The number of rotatable bonds is 4. The zero-order chi connectivity index (χ0) is 24.5. The molecule has 9 nitrogen and oxygen atoms in total. The monoisotopic (exact) mass is 474 g/mol. The van der Waals surface area contributed by atoms with Crippen molar-refractivity contribution in [2.45, 2.75) is 18.3 Å². The lowest BCUT2D eigenvalue weighted by molar-refractivity contribution is 0.0692. The molecule has 6 rings (SSSR count). The number of anilines is 2. The van der Waals surface area contributed by atoms with E-state index in [1.807, 2.05) is 71.6 Å². The van der Waals surface area contributed by atoms with E-state index in [-0.39, 0.29) is 5.91 Å². The number of nitrogens with one attached hydrogen (secondary N) is 1. The van der Waals surface area contributed by atoms with Crippen LogP contribution in [-0.4, -0.2) is 48.9 Å². The second kappa shape index (κ2) is 8.74. The average molecular weight is 475 g/mol. The fourth-order valence-electron chi connectivity index (χ4n) is 4.82. The first-order valence-electron chi connectivity index (χ1n) is 11.8. The van der Waals surface area contributed by atoms with Crippen molar-refractivity contribution in [2.24, 2.45) is 0 Å². The Balaban J connectivity index is 1.18. The third-order valence-corrected chi connectivity index (χ3v) is 6.86. The summed E-state index contributed by atoms with van der Waals surface area (Å²) in [5, 5.41) is 25.2. The third-order valence-electron chi connectivity index (χ3n) is 6.86. The quantitative estimate of drug-likeness (QED) is 0.417. The molecule has 1 aliphatic heterocycles. The lowest BCUT2D eigenvalue weighted by atomic mass is 9.74. The second-order valence-corrected chi connectivity index (χ2v) is 8.92. The highest BCUT2D eigenvalue weighted by Crippen LogP contribution is 2.35. The zero-order valence-corrected chi connectivity index (χ0v) is 19.4. The molecule has 1 fully saturated rings. The molecule has 1 N–H and O–H groups in total. The minimum atomic E-state index is -0.541. The zero-order valence-electron chi connectivity index (χ0n) is 19.4. The molecule has 36 heavy (non-hydrogen) atoms. The SMILES string of the molecule is N#CC1(c2ccccc2)CCN(C(=O)c2ccc(Nc3nc4ccccc4n4nnnc34)cc2)CC1. The molecule has 1 amide bonds. The summed E-state index contributed by atoms with van der Waals surface area (Å²) in [6, 6.07) is 27.3. The number of benzene rings is 3. The van der Waals surface area contributed by atoms with Crippen molar-refractivity contribution in [1.82, 2.24) is 29.9 Å². The molecule has 0 aliphatic carbocycles. The molecular formula is C27H22N8O. The highest BCUT2D eigenvalue weighted by molar-refractivity contribution is 5.95. The number of tetrazole rings is 1. The molecule has 3 aromatic carbocycles. The molecule has 5 aromatic rings. The number of carbonyl (C=O) groups is 1. The molecule has 0 radical (unpaired) electrons. The third kappa shape index (κ3) is 3.69. The van der Waals surface area contributed by atoms with E-state index < -0.39 is 5.41 Å². The van der Waals surface area contributed by atoms with Crippen molar-refractivity contribution in [2.75, 3.05) is 18.4 Å². The predicted molar refractivity (Wildman–Crippen MR) is 135 cm³/mol. The van der Waals surface area contributed by atoms with E-state index in [0.717, 1.165) is 22.3 Å². The standard InChI is InChI=1S/C27H22N8O/c28-18-27(20-6-2-1-3-7-20)14-16-34(17-15-27)26(36)19-10-12-21(13-11-19)29-24-25-31-32-33-35(25)23-9-5-4-8-22(23)30-24/h1-13H,14-17H2,(H,29,30). The van der Waals surface area contributed by atoms with Gasteiger partial charge < -0.3 is 10.2 Å². The van der Waals surface area contributed by atoms with Crippen molar-refractivity contribution < 1.29 is 4.79 Å². The van der Waals surface area contributed by atoms with E-state index in [4.69, 9.17) is 0 Å². The van der Waals surface area contributed by atoms with Crippen molar-refractivity contribution >= 4 is 34.1 Å². The molecule has 2 aromatic heterocycles. The summed E-state index contributed by atoms with van der Waals surface area (Å²) in [4.78, 5) is 19.7. The Bertz CT molecular complexity index is 1600. The summed E-state index contributed by atoms with van der Waals surface area (Å²) in [6.07, 6.45) is 1.24. The molecule has 0 saturated carbocycles. The first-order valence-corrected chi connectivity index (χ1v) is 11.8. The topological polar surface area (TPSA) is 112 Å². The summed E-state index contributed by atoms with van der Waals surface area (Å²) >= 11 is 0. The number of nitrogens with zero attached hydrogens (tertiary/aromatic N) is 7. The van der Waals surface area contributed by atoms with Gasteiger partial charge in [-0.1, -0.05) is 42.5 Å². The van der Waals surface area contributed by atoms with Crippen LogP contribution in [0.25, 0.3) is 16.7 Å². The summed E-state index contributed by atoms with van der Waals surface area (Å²) in [6.45, 7) is 1.08. The molecule has 0 bridgehead atoms. The van der Waals surface area contributed by atoms with Crippen LogP contribution >= 0.6 is 0 Å². The van der Waals surface area contributed by atoms with Crippen molar-refractivity contribution in [3.8, 4) is 6.07 Å². The Morgan fingerprint density at radius 3 is 2.42 bits per heavy atom. The van der Waals surface area contributed by atoms with Gasteiger partial charge in [0.2, 0.25) is 5.65 Å². The van der Waals surface area contributed by atoms with E-state index in [0.29, 0.717) is 43.0 Å². The van der Waals surface area contributed by atoms with Gasteiger partial charge in [-0.15, -0.1) is 5.10 Å². The average Bonchev–Trinajstić information content (AvgIpc) is 3.45. The highest BCUT2D eigenvalue weighted by Gasteiger charge is 2.37. The number of aromatic nitrogens is 5. The summed E-state index contributed by atoms with van der Waals surface area (Å²) < 4.78 is 1.65. The molecule has 1 aliphatic rings. The molecular weight excluding hydrogens is 452 g/mol. The minimum absolute atomic E-state index is 0.0333. The summed E-state index contributed by atoms with van der Waals surface area (Å²) in [7, 11) is 0. The van der Waals surface area contributed by atoms with Gasteiger partial charge in [-0.25, -0.2) is 4.98 Å². The van der Waals surface area contributed by atoms with Gasteiger partial charge in [0, 0.05) is 24.3 Å². The minimum Gasteiger partial charge on any atom is -0.339 e. The van der Waals surface area contributed by atoms with Gasteiger partial charge in [0.25, 0.3) is 5.91 Å². The van der Waals surface area contributed by atoms with E-state index in [1.54, 1.807) is 16.6 Å². The summed E-state index contributed by atoms with van der Waals surface area (Å²) in [5.74, 6) is 0.497. The molecule has 0 unspecified atom stereocenters. The summed E-state index contributed by atoms with van der Waals surface area (Å²) in [5.41, 5.74) is 3.95. The van der Waals surface area contributed by atoms with Crippen LogP contribution in [0.4, 0.5) is 11.5 Å². The number of piperidine rings is 1. The molecule has 0 atom stereocenters. The Kier molecular flexibility index (Phi) is 5.26. The van der Waals surface area contributed by atoms with Crippen LogP contribution in [0.1, 0.15) is 28.8 Å². The van der Waals surface area contributed by atoms with Crippen molar-refractivity contribution in [3.05, 3.63) is 90.0 Å². The van der Waals surface area contributed by atoms with Crippen LogP contribution in [0.15, 0.2) is 78.9 Å². The highest BCUT2D eigenvalue weighted by atomic mass is 16.2. The fraction of sp³-hybridized carbons (Fsp3) is 0.185. The van der Waals surface area contributed by atoms with Gasteiger partial charge in [-0.3, -0.25) is 4.79 Å². The predicted octanol–water partition coefficient (Wildman–Crippen LogP) is 4.11. The van der Waals surface area contributed by atoms with Crippen LogP contribution in [0.3, 0.4) is 0 Å². The molecule has 9 heteroatoms. The van der Waals surface area contributed by atoms with E-state index in [1.165, 1.54) is 0 Å². The number of nitriles is 1. The molecule has 176 valence electrons. The first-order chi connectivity index (χ1) is 17.7. The molecule has 3 heterocycles. The van der Waals surface area contributed by atoms with E-state index >= 15 is 0 Å². The maximum Gasteiger partial charge on any atom is 0.253 e. The van der Waals surface area contributed by atoms with Crippen molar-refractivity contribution in [3.63, 3.8) is 0 Å². The van der Waals surface area contributed by atoms with Gasteiger partial charge >= 0.3 is 0 Å². The second-order valence-electron chi connectivity index (χ2n) is 8.92. The van der Waals surface area contributed by atoms with Crippen LogP contribution in [0.2, 0.25) is 0 Å². The van der Waals surface area contributed by atoms with Gasteiger partial charge in [-0.2, -0.15) is 9.78 Å². The van der Waals surface area contributed by atoms with Gasteiger partial charge in [-0.05, 0) is 65.2 Å². The number of carbonyl (C=O) groups excluding carboxylic acids is 1. The Labute approximate surface area is 207 Å². The van der Waals surface area contributed by atoms with Gasteiger partial charge in [0.1, 0.15) is 0 Å². The van der Waals surface area contributed by atoms with Gasteiger partial charge in [0.05, 0.1) is 22.5 Å². The lowest BCUT2D eigenvalue weighted by Gasteiger charge is -2.37. The fourth-order valence-corrected chi connectivity index (χ4v) is 4.82. The van der Waals surface area contributed by atoms with Gasteiger partial charge in [0.15, 0.2) is 5.82 Å².